The monoisotopic (exact) mass is 513 g/mol. The molecule has 1 N–H and O–H groups in total. The van der Waals surface area contributed by atoms with Crippen molar-refractivity contribution >= 4 is 56.6 Å². The Kier molecular flexibility index (Phi) is 6.83. The second-order valence-electron chi connectivity index (χ2n) is 8.57. The van der Waals surface area contributed by atoms with E-state index in [1.807, 2.05) is 28.9 Å². The SMILES string of the molecule is CC[C@@]1(C)Cc2c(sc3nc(SC)n4c(SCC(=O)NCCc5ccccc5)nnc4c23)CO1. The number of hydrogen-bond acceptors (Lipinski definition) is 8. The molecule has 7 nitrogen and oxygen atoms in total. The van der Waals surface area contributed by atoms with Crippen molar-refractivity contribution in [3.63, 3.8) is 0 Å². The second-order valence-corrected chi connectivity index (χ2v) is 11.4. The highest BCUT2D eigenvalue weighted by Crippen LogP contribution is 2.42. The predicted molar refractivity (Wildman–Crippen MR) is 139 cm³/mol. The molecular weight excluding hydrogens is 486 g/mol. The number of ether oxygens (including phenoxy) is 1. The Labute approximate surface area is 211 Å². The van der Waals surface area contributed by atoms with Crippen LogP contribution < -0.4 is 5.32 Å². The highest BCUT2D eigenvalue weighted by molar-refractivity contribution is 8.00. The minimum Gasteiger partial charge on any atom is -0.369 e. The van der Waals surface area contributed by atoms with Crippen LogP contribution in [0.15, 0.2) is 40.6 Å². The largest absolute Gasteiger partial charge is 0.369 e. The summed E-state index contributed by atoms with van der Waals surface area (Å²) in [5.41, 5.74) is 3.14. The van der Waals surface area contributed by atoms with Crippen LogP contribution in [0.4, 0.5) is 0 Å². The van der Waals surface area contributed by atoms with E-state index < -0.39 is 0 Å². The van der Waals surface area contributed by atoms with E-state index in [9.17, 15) is 4.79 Å². The normalized spacial score (nSPS) is 17.9. The second kappa shape index (κ2) is 9.85. The summed E-state index contributed by atoms with van der Waals surface area (Å²) in [5, 5.41) is 14.6. The molecule has 34 heavy (non-hydrogen) atoms. The fraction of sp³-hybridized carbons (Fsp3) is 0.417. The molecule has 0 spiro atoms. The molecule has 0 unspecified atom stereocenters. The summed E-state index contributed by atoms with van der Waals surface area (Å²) in [7, 11) is 0. The maximum absolute atomic E-state index is 12.5. The van der Waals surface area contributed by atoms with Crippen molar-refractivity contribution < 1.29 is 9.53 Å². The molecule has 1 atom stereocenters. The Morgan fingerprint density at radius 3 is 2.85 bits per heavy atom. The van der Waals surface area contributed by atoms with Crippen molar-refractivity contribution in [3.8, 4) is 0 Å². The average Bonchev–Trinajstić information content (AvgIpc) is 3.43. The quantitative estimate of drug-likeness (QED) is 0.269. The van der Waals surface area contributed by atoms with Gasteiger partial charge in [-0.1, -0.05) is 60.8 Å². The Balaban J connectivity index is 1.37. The van der Waals surface area contributed by atoms with Gasteiger partial charge in [-0.25, -0.2) is 9.38 Å². The number of benzene rings is 1. The number of carbonyl (C=O) groups excluding carboxylic acids is 1. The molecule has 0 fully saturated rings. The smallest absolute Gasteiger partial charge is 0.230 e. The minimum absolute atomic E-state index is 0.0128. The number of amides is 1. The first-order chi connectivity index (χ1) is 16.5. The van der Waals surface area contributed by atoms with Crippen molar-refractivity contribution in [1.82, 2.24) is 24.9 Å². The summed E-state index contributed by atoms with van der Waals surface area (Å²) in [5.74, 6) is 0.270. The summed E-state index contributed by atoms with van der Waals surface area (Å²) < 4.78 is 8.16. The van der Waals surface area contributed by atoms with Gasteiger partial charge in [-0.2, -0.15) is 0 Å². The molecule has 0 saturated carbocycles. The molecule has 0 radical (unpaired) electrons. The van der Waals surface area contributed by atoms with Crippen molar-refractivity contribution in [2.24, 2.45) is 0 Å². The lowest BCUT2D eigenvalue weighted by atomic mass is 9.90. The van der Waals surface area contributed by atoms with Gasteiger partial charge in [-0.15, -0.1) is 21.5 Å². The van der Waals surface area contributed by atoms with Crippen molar-refractivity contribution in [3.05, 3.63) is 46.3 Å². The first-order valence-electron chi connectivity index (χ1n) is 11.3. The number of rotatable bonds is 8. The number of hydrogen-bond donors (Lipinski definition) is 1. The Hall–Kier alpha value is -2.14. The fourth-order valence-electron chi connectivity index (χ4n) is 4.15. The van der Waals surface area contributed by atoms with E-state index in [1.54, 1.807) is 23.1 Å². The van der Waals surface area contributed by atoms with Crippen LogP contribution in [0.3, 0.4) is 0 Å². The molecular formula is C24H27N5O2S3. The van der Waals surface area contributed by atoms with Gasteiger partial charge in [0.25, 0.3) is 0 Å². The van der Waals surface area contributed by atoms with Gasteiger partial charge in [0.2, 0.25) is 5.91 Å². The number of thioether (sulfide) groups is 2. The number of thiophene rings is 1. The molecule has 1 aliphatic rings. The number of nitrogens with zero attached hydrogens (tertiary/aromatic N) is 4. The predicted octanol–water partition coefficient (Wildman–Crippen LogP) is 4.75. The number of nitrogens with one attached hydrogen (secondary N) is 1. The van der Waals surface area contributed by atoms with Gasteiger partial charge in [-0.3, -0.25) is 4.79 Å². The van der Waals surface area contributed by atoms with E-state index in [0.29, 0.717) is 18.3 Å². The molecule has 5 rings (SSSR count). The summed E-state index contributed by atoms with van der Waals surface area (Å²) >= 11 is 4.65. The molecule has 1 amide bonds. The van der Waals surface area contributed by atoms with E-state index >= 15 is 0 Å². The maximum Gasteiger partial charge on any atom is 0.230 e. The molecule has 1 aliphatic heterocycles. The van der Waals surface area contributed by atoms with Crippen LogP contribution in [0.5, 0.6) is 0 Å². The van der Waals surface area contributed by atoms with Crippen LogP contribution in [0.25, 0.3) is 15.9 Å². The molecule has 10 heteroatoms. The Bertz CT molecular complexity index is 1340. The van der Waals surface area contributed by atoms with Crippen LogP contribution in [-0.4, -0.2) is 49.6 Å². The molecule has 178 valence electrons. The van der Waals surface area contributed by atoms with Crippen LogP contribution in [0.1, 0.15) is 36.3 Å². The molecule has 3 aromatic heterocycles. The Morgan fingerprint density at radius 2 is 2.09 bits per heavy atom. The third-order valence-corrected chi connectivity index (χ3v) is 8.93. The zero-order valence-corrected chi connectivity index (χ0v) is 21.9. The molecule has 4 heterocycles. The molecule has 1 aromatic carbocycles. The lowest BCUT2D eigenvalue weighted by Crippen LogP contribution is -2.33. The standard InChI is InChI=1S/C24H27N5O2S3/c1-4-24(2)12-16-17(13-31-24)34-21-19(16)20-27-28-23(29(20)22(26-21)32-3)33-14-18(30)25-11-10-15-8-6-5-7-9-15/h5-9H,4,10-14H2,1-3H3,(H,25,30)/t24-/m0/s1. The number of aromatic nitrogens is 4. The van der Waals surface area contributed by atoms with E-state index in [1.165, 1.54) is 27.8 Å². The van der Waals surface area contributed by atoms with E-state index in [4.69, 9.17) is 9.72 Å². The molecule has 0 aliphatic carbocycles. The summed E-state index contributed by atoms with van der Waals surface area (Å²) in [6.07, 6.45) is 4.61. The fourth-order valence-corrected chi connectivity index (χ4v) is 6.66. The number of carbonyl (C=O) groups is 1. The van der Waals surface area contributed by atoms with Crippen molar-refractivity contribution in [2.45, 2.75) is 55.6 Å². The van der Waals surface area contributed by atoms with Gasteiger partial charge in [0, 0.05) is 17.8 Å². The van der Waals surface area contributed by atoms with Crippen LogP contribution in [0.2, 0.25) is 0 Å². The van der Waals surface area contributed by atoms with Crippen molar-refractivity contribution in [1.29, 1.82) is 0 Å². The van der Waals surface area contributed by atoms with Gasteiger partial charge in [0.15, 0.2) is 16.0 Å². The van der Waals surface area contributed by atoms with Gasteiger partial charge in [0.05, 0.1) is 23.3 Å². The van der Waals surface area contributed by atoms with Crippen molar-refractivity contribution in [2.75, 3.05) is 18.6 Å². The van der Waals surface area contributed by atoms with E-state index in [-0.39, 0.29) is 17.3 Å². The summed E-state index contributed by atoms with van der Waals surface area (Å²) in [6, 6.07) is 10.2. The van der Waals surface area contributed by atoms with Crippen LogP contribution >= 0.6 is 34.9 Å². The van der Waals surface area contributed by atoms with Gasteiger partial charge in [0.1, 0.15) is 4.83 Å². The third kappa shape index (κ3) is 4.56. The van der Waals surface area contributed by atoms with Gasteiger partial charge < -0.3 is 10.1 Å². The molecule has 0 saturated heterocycles. The lowest BCUT2D eigenvalue weighted by molar-refractivity contribution is -0.118. The highest BCUT2D eigenvalue weighted by atomic mass is 32.2. The average molecular weight is 514 g/mol. The third-order valence-electron chi connectivity index (χ3n) is 6.26. The Morgan fingerprint density at radius 1 is 1.26 bits per heavy atom. The van der Waals surface area contributed by atoms with Crippen LogP contribution in [-0.2, 0) is 29.0 Å². The molecule has 4 aromatic rings. The maximum atomic E-state index is 12.5. The molecule has 0 bridgehead atoms. The minimum atomic E-state index is -0.175. The van der Waals surface area contributed by atoms with E-state index in [0.717, 1.165) is 40.3 Å². The zero-order chi connectivity index (χ0) is 23.7. The van der Waals surface area contributed by atoms with Gasteiger partial charge in [-0.05, 0) is 37.1 Å². The summed E-state index contributed by atoms with van der Waals surface area (Å²) in [4.78, 5) is 19.6. The number of fused-ring (bicyclic) bond motifs is 5. The zero-order valence-electron chi connectivity index (χ0n) is 19.5. The lowest BCUT2D eigenvalue weighted by Gasteiger charge is -2.32. The summed E-state index contributed by atoms with van der Waals surface area (Å²) in [6.45, 7) is 5.56. The highest BCUT2D eigenvalue weighted by Gasteiger charge is 2.33. The first-order valence-corrected chi connectivity index (χ1v) is 14.3. The van der Waals surface area contributed by atoms with E-state index in [2.05, 4.69) is 41.5 Å². The van der Waals surface area contributed by atoms with Gasteiger partial charge >= 0.3 is 0 Å². The topological polar surface area (TPSA) is 81.4 Å². The van der Waals surface area contributed by atoms with Crippen LogP contribution in [0, 0.1) is 0 Å². The first kappa shape index (κ1) is 23.6.